The minimum Gasteiger partial charge on any atom is -0.368 e. The van der Waals surface area contributed by atoms with Crippen LogP contribution in [0.3, 0.4) is 0 Å². The molecule has 1 aliphatic rings. The third-order valence-electron chi connectivity index (χ3n) is 4.91. The fourth-order valence-electron chi connectivity index (χ4n) is 3.74. The molecule has 0 atom stereocenters. The third kappa shape index (κ3) is 3.16. The van der Waals surface area contributed by atoms with Crippen molar-refractivity contribution >= 4 is 11.6 Å². The zero-order valence-electron chi connectivity index (χ0n) is 15.1. The Bertz CT molecular complexity index is 735. The second kappa shape index (κ2) is 6.68. The van der Waals surface area contributed by atoms with Crippen LogP contribution in [0.2, 0.25) is 0 Å². The predicted molar refractivity (Wildman–Crippen MR) is 99.9 cm³/mol. The fraction of sp³-hybridized carbons (Fsp3) is 0.381. The van der Waals surface area contributed by atoms with E-state index in [9.17, 15) is 4.79 Å². The second-order valence-electron chi connectivity index (χ2n) is 6.84. The van der Waals surface area contributed by atoms with Gasteiger partial charge in [-0.1, -0.05) is 35.9 Å². The number of nitrogens with zero attached hydrogens (tertiary/aromatic N) is 2. The maximum absolute atomic E-state index is 13.0. The molecule has 3 rings (SSSR count). The van der Waals surface area contributed by atoms with Crippen molar-refractivity contribution in [3.63, 3.8) is 0 Å². The number of para-hydroxylation sites is 1. The highest BCUT2D eigenvalue weighted by Gasteiger charge is 2.24. The lowest BCUT2D eigenvalue weighted by molar-refractivity contribution is 0.0745. The Hall–Kier alpha value is -2.29. The van der Waals surface area contributed by atoms with Crippen molar-refractivity contribution in [3.05, 3.63) is 64.2 Å². The largest absolute Gasteiger partial charge is 0.368 e. The molecule has 0 aliphatic carbocycles. The monoisotopic (exact) mass is 322 g/mol. The molecule has 0 saturated carbocycles. The summed E-state index contributed by atoms with van der Waals surface area (Å²) in [6, 6.07) is 12.7. The minimum absolute atomic E-state index is 0.175. The van der Waals surface area contributed by atoms with E-state index < -0.39 is 0 Å². The van der Waals surface area contributed by atoms with E-state index in [2.05, 4.69) is 55.1 Å². The molecule has 24 heavy (non-hydrogen) atoms. The van der Waals surface area contributed by atoms with Crippen LogP contribution >= 0.6 is 0 Å². The van der Waals surface area contributed by atoms with Gasteiger partial charge in [0, 0.05) is 37.4 Å². The number of carbonyl (C=O) groups excluding carboxylic acids is 1. The lowest BCUT2D eigenvalue weighted by atomic mass is 9.98. The molecule has 0 aromatic heterocycles. The summed E-state index contributed by atoms with van der Waals surface area (Å²) in [5.74, 6) is 0.175. The summed E-state index contributed by atoms with van der Waals surface area (Å²) in [4.78, 5) is 17.4. The molecule has 2 aromatic carbocycles. The van der Waals surface area contributed by atoms with Gasteiger partial charge in [0.15, 0.2) is 0 Å². The van der Waals surface area contributed by atoms with Gasteiger partial charge in [0.1, 0.15) is 0 Å². The van der Waals surface area contributed by atoms with Crippen LogP contribution < -0.4 is 4.90 Å². The van der Waals surface area contributed by atoms with E-state index in [4.69, 9.17) is 0 Å². The molecule has 3 nitrogen and oxygen atoms in total. The van der Waals surface area contributed by atoms with E-state index in [1.807, 2.05) is 18.7 Å². The fourth-order valence-corrected chi connectivity index (χ4v) is 3.74. The van der Waals surface area contributed by atoms with Gasteiger partial charge >= 0.3 is 0 Å². The van der Waals surface area contributed by atoms with Gasteiger partial charge in [0.25, 0.3) is 5.91 Å². The van der Waals surface area contributed by atoms with Crippen molar-refractivity contribution in [1.82, 2.24) is 4.90 Å². The molecule has 0 N–H and O–H groups in total. The number of aryl methyl sites for hydroxylation is 4. The maximum atomic E-state index is 13.0. The van der Waals surface area contributed by atoms with Crippen molar-refractivity contribution in [3.8, 4) is 0 Å². The number of benzene rings is 2. The SMILES string of the molecule is Cc1cc(C)c(C(=O)N2CCN(c3ccccc3C)CC2)c(C)c1. The Morgan fingerprint density at radius 2 is 1.42 bits per heavy atom. The number of hydrogen-bond acceptors (Lipinski definition) is 2. The topological polar surface area (TPSA) is 23.6 Å². The van der Waals surface area contributed by atoms with Crippen LogP contribution in [0.1, 0.15) is 32.6 Å². The summed E-state index contributed by atoms with van der Waals surface area (Å²) < 4.78 is 0. The Kier molecular flexibility index (Phi) is 4.61. The summed E-state index contributed by atoms with van der Waals surface area (Å²) in [7, 11) is 0. The summed E-state index contributed by atoms with van der Waals surface area (Å²) in [6.45, 7) is 11.6. The van der Waals surface area contributed by atoms with E-state index in [0.717, 1.165) is 42.9 Å². The molecule has 1 heterocycles. The van der Waals surface area contributed by atoms with Gasteiger partial charge in [0.05, 0.1) is 0 Å². The lowest BCUT2D eigenvalue weighted by Gasteiger charge is -2.37. The third-order valence-corrected chi connectivity index (χ3v) is 4.91. The van der Waals surface area contributed by atoms with Crippen LogP contribution in [0.15, 0.2) is 36.4 Å². The Balaban J connectivity index is 1.73. The van der Waals surface area contributed by atoms with Crippen molar-refractivity contribution < 1.29 is 4.79 Å². The molecule has 0 unspecified atom stereocenters. The minimum atomic E-state index is 0.175. The van der Waals surface area contributed by atoms with E-state index in [1.165, 1.54) is 16.8 Å². The Morgan fingerprint density at radius 3 is 2.00 bits per heavy atom. The molecule has 1 fully saturated rings. The second-order valence-corrected chi connectivity index (χ2v) is 6.84. The summed E-state index contributed by atoms with van der Waals surface area (Å²) in [5.41, 5.74) is 6.84. The molecule has 0 spiro atoms. The Morgan fingerprint density at radius 1 is 0.833 bits per heavy atom. The number of amides is 1. The molecular formula is C21H26N2O. The van der Waals surface area contributed by atoms with E-state index in [-0.39, 0.29) is 5.91 Å². The van der Waals surface area contributed by atoms with Gasteiger partial charge in [-0.3, -0.25) is 4.79 Å². The summed E-state index contributed by atoms with van der Waals surface area (Å²) in [5, 5.41) is 0. The van der Waals surface area contributed by atoms with Crippen LogP contribution in [-0.4, -0.2) is 37.0 Å². The van der Waals surface area contributed by atoms with Crippen molar-refractivity contribution in [2.45, 2.75) is 27.7 Å². The van der Waals surface area contributed by atoms with Crippen molar-refractivity contribution in [2.24, 2.45) is 0 Å². The van der Waals surface area contributed by atoms with Gasteiger partial charge in [0.2, 0.25) is 0 Å². The smallest absolute Gasteiger partial charge is 0.254 e. The summed E-state index contributed by atoms with van der Waals surface area (Å²) in [6.07, 6.45) is 0. The number of piperazine rings is 1. The number of anilines is 1. The molecule has 1 amide bonds. The number of hydrogen-bond donors (Lipinski definition) is 0. The first-order chi connectivity index (χ1) is 11.5. The number of rotatable bonds is 2. The zero-order valence-corrected chi connectivity index (χ0v) is 15.1. The maximum Gasteiger partial charge on any atom is 0.254 e. The molecule has 126 valence electrons. The highest BCUT2D eigenvalue weighted by molar-refractivity contribution is 5.97. The van der Waals surface area contributed by atoms with Crippen LogP contribution in [-0.2, 0) is 0 Å². The van der Waals surface area contributed by atoms with Crippen molar-refractivity contribution in [2.75, 3.05) is 31.1 Å². The highest BCUT2D eigenvalue weighted by Crippen LogP contribution is 2.23. The first kappa shape index (κ1) is 16.6. The summed E-state index contributed by atoms with van der Waals surface area (Å²) >= 11 is 0. The first-order valence-corrected chi connectivity index (χ1v) is 8.65. The molecule has 0 bridgehead atoms. The lowest BCUT2D eigenvalue weighted by Crippen LogP contribution is -2.49. The molecule has 0 radical (unpaired) electrons. The van der Waals surface area contributed by atoms with Crippen LogP contribution in [0.4, 0.5) is 5.69 Å². The number of carbonyl (C=O) groups is 1. The molecule has 3 heteroatoms. The van der Waals surface area contributed by atoms with Crippen LogP contribution in [0, 0.1) is 27.7 Å². The molecule has 1 saturated heterocycles. The van der Waals surface area contributed by atoms with Gasteiger partial charge < -0.3 is 9.80 Å². The highest BCUT2D eigenvalue weighted by atomic mass is 16.2. The van der Waals surface area contributed by atoms with Gasteiger partial charge in [-0.05, 0) is 50.5 Å². The van der Waals surface area contributed by atoms with Gasteiger partial charge in [-0.15, -0.1) is 0 Å². The first-order valence-electron chi connectivity index (χ1n) is 8.65. The van der Waals surface area contributed by atoms with Gasteiger partial charge in [-0.25, -0.2) is 0 Å². The van der Waals surface area contributed by atoms with Crippen LogP contribution in [0.25, 0.3) is 0 Å². The van der Waals surface area contributed by atoms with Crippen molar-refractivity contribution in [1.29, 1.82) is 0 Å². The Labute approximate surface area is 144 Å². The van der Waals surface area contributed by atoms with E-state index in [0.29, 0.717) is 0 Å². The molecule has 2 aromatic rings. The van der Waals surface area contributed by atoms with E-state index in [1.54, 1.807) is 0 Å². The van der Waals surface area contributed by atoms with Gasteiger partial charge in [-0.2, -0.15) is 0 Å². The zero-order chi connectivity index (χ0) is 17.3. The normalized spacial score (nSPS) is 14.8. The average Bonchev–Trinajstić information content (AvgIpc) is 2.54. The van der Waals surface area contributed by atoms with E-state index >= 15 is 0 Å². The molecule has 1 aliphatic heterocycles. The molecular weight excluding hydrogens is 296 g/mol. The predicted octanol–water partition coefficient (Wildman–Crippen LogP) is 3.88. The standard InChI is InChI=1S/C21H26N2O/c1-15-13-17(3)20(18(4)14-15)21(24)23-11-9-22(10-12-23)19-8-6-5-7-16(19)2/h5-8,13-14H,9-12H2,1-4H3. The van der Waals surface area contributed by atoms with Crippen LogP contribution in [0.5, 0.6) is 0 Å². The quantitative estimate of drug-likeness (QED) is 0.837. The average molecular weight is 322 g/mol.